The summed E-state index contributed by atoms with van der Waals surface area (Å²) in [6, 6.07) is 0. The Labute approximate surface area is 81.9 Å². The molecule has 0 amide bonds. The van der Waals surface area contributed by atoms with Gasteiger partial charge in [-0.25, -0.2) is 0 Å². The summed E-state index contributed by atoms with van der Waals surface area (Å²) in [7, 11) is 1.90. The highest BCUT2D eigenvalue weighted by atomic mass is 16.5. The van der Waals surface area contributed by atoms with E-state index in [9.17, 15) is 0 Å². The van der Waals surface area contributed by atoms with Gasteiger partial charge in [-0.3, -0.25) is 0 Å². The minimum atomic E-state index is 0.212. The fourth-order valence-corrected chi connectivity index (χ4v) is 3.51. The van der Waals surface area contributed by atoms with Crippen molar-refractivity contribution in [1.29, 1.82) is 0 Å². The van der Waals surface area contributed by atoms with Crippen LogP contribution < -0.4 is 0 Å². The van der Waals surface area contributed by atoms with Crippen molar-refractivity contribution >= 4 is 0 Å². The average Bonchev–Trinajstić information content (AvgIpc) is 2.19. The Morgan fingerprint density at radius 3 is 2.54 bits per heavy atom. The summed E-state index contributed by atoms with van der Waals surface area (Å²) in [5, 5.41) is 0. The summed E-state index contributed by atoms with van der Waals surface area (Å²) in [4.78, 5) is 0. The molecule has 76 valence electrons. The third-order valence-electron chi connectivity index (χ3n) is 4.41. The molecule has 0 saturated heterocycles. The van der Waals surface area contributed by atoms with Crippen LogP contribution >= 0.6 is 0 Å². The summed E-state index contributed by atoms with van der Waals surface area (Å²) in [6.07, 6.45) is 9.89. The van der Waals surface area contributed by atoms with E-state index >= 15 is 0 Å². The van der Waals surface area contributed by atoms with Gasteiger partial charge in [0.15, 0.2) is 0 Å². The molecule has 0 heterocycles. The van der Waals surface area contributed by atoms with Crippen LogP contribution in [0, 0.1) is 11.8 Å². The summed E-state index contributed by atoms with van der Waals surface area (Å²) in [5.74, 6) is 1.84. The second-order valence-corrected chi connectivity index (χ2v) is 5.06. The van der Waals surface area contributed by atoms with E-state index in [1.807, 2.05) is 7.11 Å². The molecule has 0 aliphatic heterocycles. The molecule has 0 N–H and O–H groups in total. The van der Waals surface area contributed by atoms with Gasteiger partial charge in [0.25, 0.3) is 0 Å². The van der Waals surface area contributed by atoms with Crippen molar-refractivity contribution in [3.63, 3.8) is 0 Å². The van der Waals surface area contributed by atoms with Crippen LogP contribution in [0.3, 0.4) is 0 Å². The van der Waals surface area contributed by atoms with Crippen LogP contribution in [-0.4, -0.2) is 12.7 Å². The standard InChI is InChI=1S/C12H22O/c1-12(13-2)9-5-7-10-6-3-4-8-11(10)12/h10-11H,3-9H2,1-2H3. The van der Waals surface area contributed by atoms with Gasteiger partial charge in [0.2, 0.25) is 0 Å². The van der Waals surface area contributed by atoms with Gasteiger partial charge in [-0.2, -0.15) is 0 Å². The predicted octanol–water partition coefficient (Wildman–Crippen LogP) is 3.38. The van der Waals surface area contributed by atoms with Gasteiger partial charge in [-0.1, -0.05) is 25.7 Å². The van der Waals surface area contributed by atoms with Crippen molar-refractivity contribution in [2.45, 2.75) is 57.5 Å². The number of rotatable bonds is 1. The molecule has 0 spiro atoms. The Kier molecular flexibility index (Phi) is 2.64. The van der Waals surface area contributed by atoms with Crippen LogP contribution in [0.4, 0.5) is 0 Å². The Balaban J connectivity index is 2.11. The van der Waals surface area contributed by atoms with E-state index < -0.39 is 0 Å². The largest absolute Gasteiger partial charge is 0.378 e. The lowest BCUT2D eigenvalue weighted by Crippen LogP contribution is -2.45. The van der Waals surface area contributed by atoms with Crippen LogP contribution in [0.1, 0.15) is 51.9 Å². The zero-order valence-electron chi connectivity index (χ0n) is 9.01. The molecule has 2 aliphatic rings. The molecule has 0 aromatic carbocycles. The Hall–Kier alpha value is -0.0400. The monoisotopic (exact) mass is 182 g/mol. The molecule has 0 radical (unpaired) electrons. The number of hydrogen-bond donors (Lipinski definition) is 0. The van der Waals surface area contributed by atoms with E-state index in [0.29, 0.717) is 0 Å². The van der Waals surface area contributed by atoms with Gasteiger partial charge in [-0.15, -0.1) is 0 Å². The number of fused-ring (bicyclic) bond motifs is 1. The minimum Gasteiger partial charge on any atom is -0.378 e. The summed E-state index contributed by atoms with van der Waals surface area (Å²) in [6.45, 7) is 2.33. The summed E-state index contributed by atoms with van der Waals surface area (Å²) in [5.41, 5.74) is 0.212. The third-order valence-corrected chi connectivity index (χ3v) is 4.41. The van der Waals surface area contributed by atoms with Gasteiger partial charge in [0, 0.05) is 7.11 Å². The Morgan fingerprint density at radius 1 is 1.08 bits per heavy atom. The van der Waals surface area contributed by atoms with Crippen molar-refractivity contribution in [1.82, 2.24) is 0 Å². The lowest BCUT2D eigenvalue weighted by molar-refractivity contribution is -0.102. The van der Waals surface area contributed by atoms with Gasteiger partial charge >= 0.3 is 0 Å². The van der Waals surface area contributed by atoms with Gasteiger partial charge in [0.1, 0.15) is 0 Å². The number of methoxy groups -OCH3 is 1. The molecule has 1 nitrogen and oxygen atoms in total. The van der Waals surface area contributed by atoms with Gasteiger partial charge in [-0.05, 0) is 38.0 Å². The maximum absolute atomic E-state index is 5.75. The van der Waals surface area contributed by atoms with Crippen LogP contribution in [0.2, 0.25) is 0 Å². The normalized spacial score (nSPS) is 45.7. The first-order valence-electron chi connectivity index (χ1n) is 5.81. The first kappa shape index (κ1) is 9.51. The highest BCUT2D eigenvalue weighted by molar-refractivity contribution is 4.94. The first-order valence-corrected chi connectivity index (χ1v) is 5.81. The molecule has 2 aliphatic carbocycles. The van der Waals surface area contributed by atoms with E-state index in [2.05, 4.69) is 6.92 Å². The lowest BCUT2D eigenvalue weighted by Gasteiger charge is -2.47. The van der Waals surface area contributed by atoms with Gasteiger partial charge in [0.05, 0.1) is 5.60 Å². The lowest BCUT2D eigenvalue weighted by atomic mass is 9.64. The molecule has 2 rings (SSSR count). The minimum absolute atomic E-state index is 0.212. The average molecular weight is 182 g/mol. The van der Waals surface area contributed by atoms with Crippen molar-refractivity contribution in [2.75, 3.05) is 7.11 Å². The number of hydrogen-bond acceptors (Lipinski definition) is 1. The maximum atomic E-state index is 5.75. The number of ether oxygens (including phenoxy) is 1. The molecule has 2 fully saturated rings. The van der Waals surface area contributed by atoms with E-state index in [4.69, 9.17) is 4.74 Å². The van der Waals surface area contributed by atoms with E-state index in [0.717, 1.165) is 11.8 Å². The van der Waals surface area contributed by atoms with Crippen LogP contribution in [0.15, 0.2) is 0 Å². The van der Waals surface area contributed by atoms with E-state index in [1.165, 1.54) is 44.9 Å². The summed E-state index contributed by atoms with van der Waals surface area (Å²) < 4.78 is 5.75. The third kappa shape index (κ3) is 1.63. The van der Waals surface area contributed by atoms with Crippen LogP contribution in [-0.2, 0) is 4.74 Å². The molecular formula is C12H22O. The van der Waals surface area contributed by atoms with Crippen LogP contribution in [0.5, 0.6) is 0 Å². The van der Waals surface area contributed by atoms with E-state index in [1.54, 1.807) is 0 Å². The Bertz CT molecular complexity index is 176. The molecule has 3 atom stereocenters. The van der Waals surface area contributed by atoms with Crippen molar-refractivity contribution in [3.05, 3.63) is 0 Å². The Morgan fingerprint density at radius 2 is 1.77 bits per heavy atom. The van der Waals surface area contributed by atoms with Crippen molar-refractivity contribution in [3.8, 4) is 0 Å². The molecule has 13 heavy (non-hydrogen) atoms. The molecule has 0 aromatic rings. The second-order valence-electron chi connectivity index (χ2n) is 5.06. The quantitative estimate of drug-likeness (QED) is 0.604. The first-order chi connectivity index (χ1) is 6.26. The van der Waals surface area contributed by atoms with Crippen molar-refractivity contribution < 1.29 is 4.74 Å². The molecule has 0 bridgehead atoms. The fourth-order valence-electron chi connectivity index (χ4n) is 3.51. The SMILES string of the molecule is COC1(C)CCCC2CCCCC21. The van der Waals surface area contributed by atoms with Crippen molar-refractivity contribution in [2.24, 2.45) is 11.8 Å². The van der Waals surface area contributed by atoms with E-state index in [-0.39, 0.29) is 5.60 Å². The predicted molar refractivity (Wildman–Crippen MR) is 54.7 cm³/mol. The summed E-state index contributed by atoms with van der Waals surface area (Å²) >= 11 is 0. The zero-order chi connectivity index (χ0) is 9.31. The molecule has 1 heteroatoms. The highest BCUT2D eigenvalue weighted by Gasteiger charge is 2.42. The molecule has 2 saturated carbocycles. The second kappa shape index (κ2) is 3.61. The van der Waals surface area contributed by atoms with Gasteiger partial charge < -0.3 is 4.74 Å². The smallest absolute Gasteiger partial charge is 0.0681 e. The molecule has 0 aromatic heterocycles. The zero-order valence-corrected chi connectivity index (χ0v) is 9.01. The maximum Gasteiger partial charge on any atom is 0.0681 e. The highest BCUT2D eigenvalue weighted by Crippen LogP contribution is 2.47. The topological polar surface area (TPSA) is 9.23 Å². The van der Waals surface area contributed by atoms with Crippen LogP contribution in [0.25, 0.3) is 0 Å². The molecular weight excluding hydrogens is 160 g/mol. The molecule has 3 unspecified atom stereocenters. The fraction of sp³-hybridized carbons (Fsp3) is 1.00.